The molecule has 0 amide bonds. The monoisotopic (exact) mass is 747 g/mol. The molecule has 0 aromatic heterocycles. The molecule has 7 rings (SSSR count). The second kappa shape index (κ2) is 15.6. The Morgan fingerprint density at radius 2 is 1.72 bits per heavy atom. The van der Waals surface area contributed by atoms with E-state index < -0.39 is 35.2 Å². The molecule has 1 aliphatic heterocycles. The number of aryl methyl sites for hydroxylation is 1. The topological polar surface area (TPSA) is 113 Å². The molecule has 11 atom stereocenters. The molecule has 7 nitrogen and oxygen atoms in total. The van der Waals surface area contributed by atoms with Gasteiger partial charge >= 0.3 is 11.9 Å². The molecule has 0 radical (unpaired) electrons. The number of hydrogen-bond donors (Lipinski definition) is 3. The summed E-state index contributed by atoms with van der Waals surface area (Å²) >= 11 is 0. The number of aliphatic hydroxyl groups is 3. The van der Waals surface area contributed by atoms with Gasteiger partial charge in [0.2, 0.25) is 0 Å². The molecule has 54 heavy (non-hydrogen) atoms. The summed E-state index contributed by atoms with van der Waals surface area (Å²) in [5, 5.41) is 39.2. The van der Waals surface area contributed by atoms with Crippen LogP contribution in [0.15, 0.2) is 42.0 Å². The van der Waals surface area contributed by atoms with E-state index >= 15 is 0 Å². The predicted molar refractivity (Wildman–Crippen MR) is 210 cm³/mol. The molecule has 0 saturated heterocycles. The van der Waals surface area contributed by atoms with Gasteiger partial charge in [-0.25, -0.2) is 4.79 Å². The number of ether oxygens (including phenoxy) is 2. The van der Waals surface area contributed by atoms with Gasteiger partial charge in [-0.3, -0.25) is 4.79 Å². The average Bonchev–Trinajstić information content (AvgIpc) is 3.96. The van der Waals surface area contributed by atoms with Gasteiger partial charge in [0, 0.05) is 18.9 Å². The maximum Gasteiger partial charge on any atom is 0.331 e. The molecule has 5 saturated carbocycles. The molecular formula is C47H70O7. The standard InChI is InChI=1S/C47H70O7/c1-32(11-10-14-35-12-6-5-7-13-35)15-16-39(49)47-40(50)19-22-43(4,37-18-23-45(29-37)26-25-44(31-45)20-8-9-21-44)42(47)38(54-34(3)48)27-33(2)46(47,52)24-17-36-28-41(51)53-30-36/h5-7,12-13,28,32-33,37-40,42,49-50,52H,8-11,14-27,29-31H2,1-4H3. The zero-order chi connectivity index (χ0) is 38.4. The molecule has 3 N–H and O–H groups in total. The van der Waals surface area contributed by atoms with Gasteiger partial charge in [-0.1, -0.05) is 70.4 Å². The fourth-order valence-electron chi connectivity index (χ4n) is 14.2. The van der Waals surface area contributed by atoms with E-state index in [-0.39, 0.29) is 29.9 Å². The van der Waals surface area contributed by atoms with Gasteiger partial charge in [-0.05, 0) is 154 Å². The number of cyclic esters (lactones) is 1. The number of rotatable bonds is 13. The lowest BCUT2D eigenvalue weighted by atomic mass is 9.38. The lowest BCUT2D eigenvalue weighted by molar-refractivity contribution is -0.326. The fourth-order valence-corrected chi connectivity index (χ4v) is 14.2. The Kier molecular flexibility index (Phi) is 11.6. The smallest absolute Gasteiger partial charge is 0.331 e. The molecule has 2 spiro atoms. The summed E-state index contributed by atoms with van der Waals surface area (Å²) in [5.41, 5.74) is -0.0831. The molecule has 6 aliphatic rings. The lowest BCUT2D eigenvalue weighted by Crippen LogP contribution is -2.77. The zero-order valence-corrected chi connectivity index (χ0v) is 33.8. The SMILES string of the molecule is CC(=O)OC1CC(C)C(O)(CCC2=CC(=O)OC2)C2(C(O)CCC(C)CCCc3ccccc3)C(O)CCC(C)(C3CCC4(CCC5(CCCC5)C4)C3)C12. The fraction of sp³-hybridized carbons (Fsp3) is 0.787. The van der Waals surface area contributed by atoms with Gasteiger partial charge in [0.1, 0.15) is 12.7 Å². The Hall–Kier alpha value is -2.22. The van der Waals surface area contributed by atoms with Gasteiger partial charge in [0.05, 0.1) is 23.2 Å². The van der Waals surface area contributed by atoms with Crippen LogP contribution in [0.3, 0.4) is 0 Å². The molecule has 300 valence electrons. The first-order valence-electron chi connectivity index (χ1n) is 21.9. The third-order valence-electron chi connectivity index (χ3n) is 16.8. The minimum absolute atomic E-state index is 0.213. The van der Waals surface area contributed by atoms with Gasteiger partial charge in [0.25, 0.3) is 0 Å². The van der Waals surface area contributed by atoms with E-state index in [0.717, 1.165) is 50.5 Å². The van der Waals surface area contributed by atoms with Gasteiger partial charge in [-0.2, -0.15) is 0 Å². The van der Waals surface area contributed by atoms with Crippen LogP contribution in [0.1, 0.15) is 155 Å². The van der Waals surface area contributed by atoms with Crippen LogP contribution in [0.25, 0.3) is 0 Å². The molecule has 11 unspecified atom stereocenters. The van der Waals surface area contributed by atoms with Crippen LogP contribution < -0.4 is 0 Å². The summed E-state index contributed by atoms with van der Waals surface area (Å²) in [4.78, 5) is 25.1. The summed E-state index contributed by atoms with van der Waals surface area (Å²) in [7, 11) is 0. The van der Waals surface area contributed by atoms with Crippen LogP contribution in [0.4, 0.5) is 0 Å². The first kappa shape index (κ1) is 40.0. The maximum atomic E-state index is 13.5. The van der Waals surface area contributed by atoms with Crippen LogP contribution in [0.2, 0.25) is 0 Å². The number of esters is 2. The Morgan fingerprint density at radius 1 is 0.981 bits per heavy atom. The van der Waals surface area contributed by atoms with E-state index in [1.165, 1.54) is 69.9 Å². The molecular weight excluding hydrogens is 677 g/mol. The van der Waals surface area contributed by atoms with E-state index in [9.17, 15) is 24.9 Å². The highest BCUT2D eigenvalue weighted by atomic mass is 16.5. The molecule has 1 aromatic carbocycles. The molecule has 7 heteroatoms. The minimum Gasteiger partial charge on any atom is -0.462 e. The van der Waals surface area contributed by atoms with Crippen LogP contribution in [-0.4, -0.2) is 57.8 Å². The van der Waals surface area contributed by atoms with Crippen molar-refractivity contribution in [2.75, 3.05) is 6.61 Å². The van der Waals surface area contributed by atoms with Crippen molar-refractivity contribution in [1.82, 2.24) is 0 Å². The highest BCUT2D eigenvalue weighted by Crippen LogP contribution is 2.72. The first-order valence-corrected chi connectivity index (χ1v) is 21.9. The van der Waals surface area contributed by atoms with Crippen molar-refractivity contribution in [3.63, 3.8) is 0 Å². The highest BCUT2D eigenvalue weighted by Gasteiger charge is 2.75. The first-order chi connectivity index (χ1) is 25.7. The van der Waals surface area contributed by atoms with E-state index in [4.69, 9.17) is 9.47 Å². The van der Waals surface area contributed by atoms with E-state index in [1.807, 2.05) is 13.0 Å². The van der Waals surface area contributed by atoms with Crippen molar-refractivity contribution in [2.45, 2.75) is 180 Å². The van der Waals surface area contributed by atoms with Crippen LogP contribution in [0.5, 0.6) is 0 Å². The normalized spacial score (nSPS) is 39.7. The zero-order valence-electron chi connectivity index (χ0n) is 33.8. The Labute approximate surface area is 325 Å². The third kappa shape index (κ3) is 7.25. The van der Waals surface area contributed by atoms with Crippen molar-refractivity contribution in [2.24, 2.45) is 45.3 Å². The predicted octanol–water partition coefficient (Wildman–Crippen LogP) is 9.05. The summed E-state index contributed by atoms with van der Waals surface area (Å²) in [5.74, 6) is -0.767. The van der Waals surface area contributed by atoms with E-state index in [0.29, 0.717) is 54.8 Å². The van der Waals surface area contributed by atoms with Crippen molar-refractivity contribution >= 4 is 11.9 Å². The largest absolute Gasteiger partial charge is 0.462 e. The van der Waals surface area contributed by atoms with Crippen LogP contribution in [0, 0.1) is 45.3 Å². The Bertz CT molecular complexity index is 1520. The quantitative estimate of drug-likeness (QED) is 0.173. The second-order valence-corrected chi connectivity index (χ2v) is 20.0. The maximum absolute atomic E-state index is 13.5. The van der Waals surface area contributed by atoms with Crippen LogP contribution in [-0.2, 0) is 25.5 Å². The second-order valence-electron chi connectivity index (χ2n) is 20.0. The molecule has 1 heterocycles. The summed E-state index contributed by atoms with van der Waals surface area (Å²) in [6.45, 7) is 8.34. The average molecular weight is 747 g/mol. The summed E-state index contributed by atoms with van der Waals surface area (Å²) in [6.07, 6.45) is 18.8. The number of carbonyl (C=O) groups excluding carboxylic acids is 2. The van der Waals surface area contributed by atoms with Crippen molar-refractivity contribution in [3.05, 3.63) is 47.5 Å². The summed E-state index contributed by atoms with van der Waals surface area (Å²) < 4.78 is 11.6. The van der Waals surface area contributed by atoms with E-state index in [1.54, 1.807) is 0 Å². The molecule has 1 aromatic rings. The van der Waals surface area contributed by atoms with Crippen molar-refractivity contribution < 1.29 is 34.4 Å². The Morgan fingerprint density at radius 3 is 2.43 bits per heavy atom. The van der Waals surface area contributed by atoms with Crippen molar-refractivity contribution in [1.29, 1.82) is 0 Å². The number of benzene rings is 1. The van der Waals surface area contributed by atoms with E-state index in [2.05, 4.69) is 38.1 Å². The van der Waals surface area contributed by atoms with Crippen LogP contribution >= 0.6 is 0 Å². The van der Waals surface area contributed by atoms with Gasteiger partial charge in [-0.15, -0.1) is 0 Å². The van der Waals surface area contributed by atoms with Crippen molar-refractivity contribution in [3.8, 4) is 0 Å². The molecule has 0 bridgehead atoms. The molecule has 5 aliphatic carbocycles. The lowest BCUT2D eigenvalue weighted by Gasteiger charge is -2.70. The molecule has 5 fully saturated rings. The number of aliphatic hydroxyl groups excluding tert-OH is 2. The van der Waals surface area contributed by atoms with Gasteiger partial charge in [0.15, 0.2) is 0 Å². The number of carbonyl (C=O) groups is 2. The Balaban J connectivity index is 1.22. The number of fused-ring (bicyclic) bond motifs is 1. The number of hydrogen-bond acceptors (Lipinski definition) is 7. The highest BCUT2D eigenvalue weighted by molar-refractivity contribution is 5.85. The third-order valence-corrected chi connectivity index (χ3v) is 16.8. The van der Waals surface area contributed by atoms with Gasteiger partial charge < -0.3 is 24.8 Å². The summed E-state index contributed by atoms with van der Waals surface area (Å²) in [6, 6.07) is 10.6. The minimum atomic E-state index is -1.46.